The second-order valence-corrected chi connectivity index (χ2v) is 8.95. The van der Waals surface area contributed by atoms with Crippen LogP contribution in [-0.2, 0) is 25.8 Å². The largest absolute Gasteiger partial charge is 0.493 e. The van der Waals surface area contributed by atoms with Gasteiger partial charge in [-0.3, -0.25) is 9.80 Å². The van der Waals surface area contributed by atoms with Crippen LogP contribution in [0.3, 0.4) is 0 Å². The average Bonchev–Trinajstić information content (AvgIpc) is 3.30. The van der Waals surface area contributed by atoms with Crippen molar-refractivity contribution in [3.8, 4) is 11.5 Å². The van der Waals surface area contributed by atoms with E-state index in [9.17, 15) is 0 Å². The molecule has 0 radical (unpaired) electrons. The molecule has 0 bridgehead atoms. The minimum absolute atomic E-state index is 0.598. The molecule has 2 heterocycles. The molecule has 2 aromatic carbocycles. The zero-order valence-electron chi connectivity index (χ0n) is 19.5. The molecular weight excluding hydrogens is 416 g/mol. The third-order valence-corrected chi connectivity index (χ3v) is 6.92. The summed E-state index contributed by atoms with van der Waals surface area (Å²) in [6.45, 7) is 4.97. The van der Waals surface area contributed by atoms with E-state index in [1.54, 1.807) is 14.2 Å². The summed E-state index contributed by atoms with van der Waals surface area (Å²) in [7, 11) is 3.28. The SMILES string of the molecule is COc1ccc(Cc2noc(CN3CCN([C@H]4CCc5ccccc5C4)CC3)n2)cc1OC. The molecule has 0 spiro atoms. The van der Waals surface area contributed by atoms with Crippen LogP contribution in [-0.4, -0.2) is 66.4 Å². The average molecular weight is 449 g/mol. The minimum Gasteiger partial charge on any atom is -0.493 e. The van der Waals surface area contributed by atoms with Crippen LogP contribution in [0.2, 0.25) is 0 Å². The number of aromatic nitrogens is 2. The summed E-state index contributed by atoms with van der Waals surface area (Å²) in [5.41, 5.74) is 4.12. The molecule has 5 rings (SSSR count). The van der Waals surface area contributed by atoms with Crippen LogP contribution in [0.1, 0.15) is 34.8 Å². The zero-order valence-corrected chi connectivity index (χ0v) is 19.5. The number of ether oxygens (including phenoxy) is 2. The van der Waals surface area contributed by atoms with Crippen LogP contribution in [0, 0.1) is 0 Å². The van der Waals surface area contributed by atoms with Gasteiger partial charge in [0.2, 0.25) is 5.89 Å². The third kappa shape index (κ3) is 5.04. The number of fused-ring (bicyclic) bond motifs is 1. The highest BCUT2D eigenvalue weighted by molar-refractivity contribution is 5.43. The molecule has 1 atom stereocenters. The number of aryl methyl sites for hydroxylation is 1. The maximum Gasteiger partial charge on any atom is 0.240 e. The van der Waals surface area contributed by atoms with Crippen LogP contribution >= 0.6 is 0 Å². The standard InChI is InChI=1S/C26H32N4O3/c1-31-23-10-7-19(15-24(23)32-2)16-25-27-26(33-28-25)18-29-11-13-30(14-12-29)22-9-8-20-5-3-4-6-21(20)17-22/h3-7,10,15,22H,8-9,11-14,16-18H2,1-2H3/t22-/m0/s1. The first-order valence-corrected chi connectivity index (χ1v) is 11.8. The molecule has 0 N–H and O–H groups in total. The molecule has 1 aliphatic carbocycles. The summed E-state index contributed by atoms with van der Waals surface area (Å²) in [4.78, 5) is 9.71. The lowest BCUT2D eigenvalue weighted by Gasteiger charge is -2.40. The quantitative estimate of drug-likeness (QED) is 0.549. The second-order valence-electron chi connectivity index (χ2n) is 8.95. The van der Waals surface area contributed by atoms with Gasteiger partial charge in [0.05, 0.1) is 20.8 Å². The van der Waals surface area contributed by atoms with Gasteiger partial charge in [-0.25, -0.2) is 0 Å². The van der Waals surface area contributed by atoms with E-state index in [4.69, 9.17) is 14.0 Å². The van der Waals surface area contributed by atoms with Crippen molar-refractivity contribution in [1.29, 1.82) is 0 Å². The third-order valence-electron chi connectivity index (χ3n) is 6.92. The first-order chi connectivity index (χ1) is 16.2. The summed E-state index contributed by atoms with van der Waals surface area (Å²) in [6.07, 6.45) is 4.24. The van der Waals surface area contributed by atoms with E-state index in [-0.39, 0.29) is 0 Å². The number of rotatable bonds is 7. The van der Waals surface area contributed by atoms with E-state index in [1.807, 2.05) is 18.2 Å². The predicted octanol–water partition coefficient (Wildman–Crippen LogP) is 3.35. The minimum atomic E-state index is 0.598. The number of nitrogens with zero attached hydrogens (tertiary/aromatic N) is 4. The van der Waals surface area contributed by atoms with Crippen LogP contribution in [0.4, 0.5) is 0 Å². The highest BCUT2D eigenvalue weighted by Crippen LogP contribution is 2.28. The molecule has 33 heavy (non-hydrogen) atoms. The summed E-state index contributed by atoms with van der Waals surface area (Å²) >= 11 is 0. The molecule has 1 aliphatic heterocycles. The lowest BCUT2D eigenvalue weighted by molar-refractivity contribution is 0.0795. The highest BCUT2D eigenvalue weighted by Gasteiger charge is 2.27. The molecule has 3 aromatic rings. The Morgan fingerprint density at radius 1 is 0.970 bits per heavy atom. The molecule has 2 aliphatic rings. The van der Waals surface area contributed by atoms with Crippen molar-refractivity contribution >= 4 is 0 Å². The molecule has 7 nitrogen and oxygen atoms in total. The van der Waals surface area contributed by atoms with Crippen LogP contribution < -0.4 is 9.47 Å². The Balaban J connectivity index is 1.12. The van der Waals surface area contributed by atoms with E-state index in [0.29, 0.717) is 42.2 Å². The van der Waals surface area contributed by atoms with Gasteiger partial charge in [-0.15, -0.1) is 0 Å². The van der Waals surface area contributed by atoms with Crippen molar-refractivity contribution in [2.75, 3.05) is 40.4 Å². The summed E-state index contributed by atoms with van der Waals surface area (Å²) in [6, 6.07) is 15.4. The highest BCUT2D eigenvalue weighted by atomic mass is 16.5. The first-order valence-electron chi connectivity index (χ1n) is 11.8. The Kier molecular flexibility index (Phi) is 6.60. The molecule has 0 saturated carbocycles. The van der Waals surface area contributed by atoms with Crippen LogP contribution in [0.15, 0.2) is 47.0 Å². The smallest absolute Gasteiger partial charge is 0.240 e. The van der Waals surface area contributed by atoms with Crippen LogP contribution in [0.5, 0.6) is 11.5 Å². The van der Waals surface area contributed by atoms with Gasteiger partial charge in [0.15, 0.2) is 17.3 Å². The van der Waals surface area contributed by atoms with E-state index in [1.165, 1.54) is 30.4 Å². The maximum atomic E-state index is 5.55. The fourth-order valence-corrected chi connectivity index (χ4v) is 5.07. The number of piperazine rings is 1. The molecule has 0 amide bonds. The summed E-state index contributed by atoms with van der Waals surface area (Å²) in [5.74, 6) is 2.80. The van der Waals surface area contributed by atoms with Gasteiger partial charge in [-0.1, -0.05) is 35.5 Å². The van der Waals surface area contributed by atoms with Gasteiger partial charge in [0.1, 0.15) is 0 Å². The topological polar surface area (TPSA) is 63.9 Å². The Hall–Kier alpha value is -2.90. The monoisotopic (exact) mass is 448 g/mol. The molecule has 0 unspecified atom stereocenters. The molecular formula is C26H32N4O3. The van der Waals surface area contributed by atoms with Crippen molar-refractivity contribution in [2.24, 2.45) is 0 Å². The lowest BCUT2D eigenvalue weighted by atomic mass is 9.87. The molecule has 1 saturated heterocycles. The molecule has 1 fully saturated rings. The Morgan fingerprint density at radius 2 is 1.76 bits per heavy atom. The summed E-state index contributed by atoms with van der Waals surface area (Å²) in [5, 5.41) is 4.19. The maximum absolute atomic E-state index is 5.55. The number of methoxy groups -OCH3 is 2. The van der Waals surface area contributed by atoms with Crippen molar-refractivity contribution < 1.29 is 14.0 Å². The fourth-order valence-electron chi connectivity index (χ4n) is 5.07. The van der Waals surface area contributed by atoms with E-state index >= 15 is 0 Å². The number of benzene rings is 2. The number of hydrogen-bond acceptors (Lipinski definition) is 7. The lowest BCUT2D eigenvalue weighted by Crippen LogP contribution is -2.51. The van der Waals surface area contributed by atoms with Gasteiger partial charge in [-0.2, -0.15) is 4.98 Å². The van der Waals surface area contributed by atoms with Crippen LogP contribution in [0.25, 0.3) is 0 Å². The van der Waals surface area contributed by atoms with E-state index in [0.717, 1.165) is 31.7 Å². The zero-order chi connectivity index (χ0) is 22.6. The predicted molar refractivity (Wildman–Crippen MR) is 126 cm³/mol. The van der Waals surface area contributed by atoms with E-state index < -0.39 is 0 Å². The van der Waals surface area contributed by atoms with Crippen molar-refractivity contribution in [3.63, 3.8) is 0 Å². The van der Waals surface area contributed by atoms with Gasteiger partial charge in [-0.05, 0) is 48.1 Å². The Labute approximate surface area is 195 Å². The molecule has 174 valence electrons. The second kappa shape index (κ2) is 9.93. The molecule has 1 aromatic heterocycles. The number of hydrogen-bond donors (Lipinski definition) is 0. The molecule has 7 heteroatoms. The van der Waals surface area contributed by atoms with Gasteiger partial charge >= 0.3 is 0 Å². The van der Waals surface area contributed by atoms with Crippen molar-refractivity contribution in [1.82, 2.24) is 19.9 Å². The van der Waals surface area contributed by atoms with E-state index in [2.05, 4.69) is 44.2 Å². The Bertz CT molecular complexity index is 1070. The normalized spacial score (nSPS) is 19.3. The summed E-state index contributed by atoms with van der Waals surface area (Å²) < 4.78 is 16.2. The van der Waals surface area contributed by atoms with Crippen molar-refractivity contribution in [2.45, 2.75) is 38.3 Å². The first kappa shape index (κ1) is 21.9. The van der Waals surface area contributed by atoms with Gasteiger partial charge < -0.3 is 14.0 Å². The fraction of sp³-hybridized carbons (Fsp3) is 0.462. The Morgan fingerprint density at radius 3 is 2.55 bits per heavy atom. The van der Waals surface area contributed by atoms with Gasteiger partial charge in [0, 0.05) is 38.6 Å². The van der Waals surface area contributed by atoms with Crippen molar-refractivity contribution in [3.05, 3.63) is 70.9 Å². The van der Waals surface area contributed by atoms with Gasteiger partial charge in [0.25, 0.3) is 0 Å².